The molecular formula is C10H8F3NO2. The summed E-state index contributed by atoms with van der Waals surface area (Å²) < 4.78 is 44.2. The van der Waals surface area contributed by atoms with Gasteiger partial charge >= 0.3 is 6.18 Å². The first kappa shape index (κ1) is 12.3. The zero-order valence-corrected chi connectivity index (χ0v) is 8.12. The van der Waals surface area contributed by atoms with Gasteiger partial charge in [0, 0.05) is 0 Å². The summed E-state index contributed by atoms with van der Waals surface area (Å²) in [5.41, 5.74) is 0.248. The lowest BCUT2D eigenvalue weighted by molar-refractivity contribution is -0.186. The van der Waals surface area contributed by atoms with E-state index in [1.165, 1.54) is 12.1 Å². The average molecular weight is 231 g/mol. The number of rotatable bonds is 4. The zero-order valence-electron chi connectivity index (χ0n) is 8.12. The van der Waals surface area contributed by atoms with Crippen LogP contribution in [-0.4, -0.2) is 19.6 Å². The van der Waals surface area contributed by atoms with Crippen LogP contribution in [0.5, 0.6) is 5.75 Å². The fourth-order valence-corrected chi connectivity index (χ4v) is 0.947. The maximum absolute atomic E-state index is 11.7. The van der Waals surface area contributed by atoms with Gasteiger partial charge in [-0.15, -0.1) is 0 Å². The van der Waals surface area contributed by atoms with Crippen molar-refractivity contribution >= 4 is 0 Å². The molecule has 0 aliphatic heterocycles. The van der Waals surface area contributed by atoms with Crippen molar-refractivity contribution in [2.45, 2.75) is 6.18 Å². The smallest absolute Gasteiger partial charge is 0.411 e. The minimum atomic E-state index is -4.38. The van der Waals surface area contributed by atoms with E-state index in [9.17, 15) is 13.2 Å². The number of hydrogen-bond donors (Lipinski definition) is 0. The molecule has 0 N–H and O–H groups in total. The summed E-state index contributed by atoms with van der Waals surface area (Å²) in [5, 5.41) is 8.65. The van der Waals surface area contributed by atoms with E-state index in [-0.39, 0.29) is 11.3 Å². The molecular weight excluding hydrogens is 223 g/mol. The zero-order chi connectivity index (χ0) is 12.0. The first-order valence-corrected chi connectivity index (χ1v) is 4.29. The Morgan fingerprint density at radius 3 is 2.56 bits per heavy atom. The van der Waals surface area contributed by atoms with Gasteiger partial charge in [-0.05, 0) is 12.1 Å². The number of nitriles is 1. The van der Waals surface area contributed by atoms with E-state index in [0.717, 1.165) is 0 Å². The summed E-state index contributed by atoms with van der Waals surface area (Å²) in [4.78, 5) is 0. The Labute approximate surface area is 90.0 Å². The van der Waals surface area contributed by atoms with Gasteiger partial charge in [0.1, 0.15) is 18.4 Å². The third kappa shape index (κ3) is 4.19. The summed E-state index contributed by atoms with van der Waals surface area (Å²) >= 11 is 0. The van der Waals surface area contributed by atoms with Crippen LogP contribution in [0.4, 0.5) is 13.2 Å². The van der Waals surface area contributed by atoms with Gasteiger partial charge in [-0.1, -0.05) is 12.1 Å². The Kier molecular flexibility index (Phi) is 4.14. The number of benzene rings is 1. The third-order valence-electron chi connectivity index (χ3n) is 1.57. The van der Waals surface area contributed by atoms with Crippen molar-refractivity contribution in [3.8, 4) is 11.8 Å². The molecule has 0 saturated carbocycles. The van der Waals surface area contributed by atoms with Crippen molar-refractivity contribution in [2.24, 2.45) is 0 Å². The maximum atomic E-state index is 11.7. The fourth-order valence-electron chi connectivity index (χ4n) is 0.947. The molecule has 3 nitrogen and oxygen atoms in total. The largest absolute Gasteiger partial charge is 0.466 e. The summed E-state index contributed by atoms with van der Waals surface area (Å²) in [6, 6.07) is 8.07. The molecule has 0 saturated heterocycles. The second-order valence-electron chi connectivity index (χ2n) is 2.83. The van der Waals surface area contributed by atoms with Crippen LogP contribution >= 0.6 is 0 Å². The van der Waals surface area contributed by atoms with Crippen molar-refractivity contribution in [3.05, 3.63) is 29.8 Å². The number of halogens is 3. The van der Waals surface area contributed by atoms with Gasteiger partial charge in [-0.25, -0.2) is 0 Å². The SMILES string of the molecule is N#Cc1ccccc1OCOCC(F)(F)F. The van der Waals surface area contributed by atoms with Crippen LogP contribution in [0.2, 0.25) is 0 Å². The third-order valence-corrected chi connectivity index (χ3v) is 1.57. The number of alkyl halides is 3. The molecule has 86 valence electrons. The van der Waals surface area contributed by atoms with E-state index < -0.39 is 19.6 Å². The lowest BCUT2D eigenvalue weighted by Gasteiger charge is -2.09. The minimum absolute atomic E-state index is 0.201. The molecule has 0 aliphatic carbocycles. The monoisotopic (exact) mass is 231 g/mol. The molecule has 16 heavy (non-hydrogen) atoms. The van der Waals surface area contributed by atoms with Gasteiger partial charge in [0.05, 0.1) is 5.56 Å². The first-order chi connectivity index (χ1) is 7.53. The molecule has 6 heteroatoms. The molecule has 1 rings (SSSR count). The Balaban J connectivity index is 2.41. The molecule has 0 spiro atoms. The summed E-state index contributed by atoms with van der Waals surface area (Å²) in [6.45, 7) is -1.92. The van der Waals surface area contributed by atoms with Crippen LogP contribution in [0.15, 0.2) is 24.3 Å². The topological polar surface area (TPSA) is 42.2 Å². The molecule has 1 aromatic carbocycles. The highest BCUT2D eigenvalue weighted by molar-refractivity contribution is 5.42. The first-order valence-electron chi connectivity index (χ1n) is 4.29. The molecule has 0 amide bonds. The molecule has 0 heterocycles. The number of para-hydroxylation sites is 1. The van der Waals surface area contributed by atoms with E-state index in [1.54, 1.807) is 12.1 Å². The van der Waals surface area contributed by atoms with Crippen LogP contribution in [0.25, 0.3) is 0 Å². The normalized spacial score (nSPS) is 10.9. The van der Waals surface area contributed by atoms with Crippen molar-refractivity contribution in [2.75, 3.05) is 13.4 Å². The quantitative estimate of drug-likeness (QED) is 0.590. The second-order valence-corrected chi connectivity index (χ2v) is 2.83. The molecule has 0 aromatic heterocycles. The van der Waals surface area contributed by atoms with Crippen molar-refractivity contribution < 1.29 is 22.6 Å². The van der Waals surface area contributed by atoms with E-state index in [0.29, 0.717) is 0 Å². The highest BCUT2D eigenvalue weighted by Crippen LogP contribution is 2.17. The average Bonchev–Trinajstić information content (AvgIpc) is 2.23. The number of hydrogen-bond acceptors (Lipinski definition) is 3. The maximum Gasteiger partial charge on any atom is 0.411 e. The molecule has 0 bridgehead atoms. The Morgan fingerprint density at radius 1 is 1.25 bits per heavy atom. The van der Waals surface area contributed by atoms with E-state index in [1.807, 2.05) is 6.07 Å². The standard InChI is InChI=1S/C10H8F3NO2/c11-10(12,13)6-15-7-16-9-4-2-1-3-8(9)5-14/h1-4H,6-7H2. The van der Waals surface area contributed by atoms with Gasteiger partial charge in [-0.3, -0.25) is 0 Å². The van der Waals surface area contributed by atoms with E-state index in [4.69, 9.17) is 10.00 Å². The lowest BCUT2D eigenvalue weighted by Crippen LogP contribution is -2.19. The van der Waals surface area contributed by atoms with Crippen LogP contribution in [0.1, 0.15) is 5.56 Å². The van der Waals surface area contributed by atoms with Crippen LogP contribution in [-0.2, 0) is 4.74 Å². The van der Waals surface area contributed by atoms with Gasteiger partial charge in [-0.2, -0.15) is 18.4 Å². The van der Waals surface area contributed by atoms with Crippen molar-refractivity contribution in [1.82, 2.24) is 0 Å². The van der Waals surface area contributed by atoms with Gasteiger partial charge in [0.2, 0.25) is 0 Å². The van der Waals surface area contributed by atoms with Crippen molar-refractivity contribution in [3.63, 3.8) is 0 Å². The van der Waals surface area contributed by atoms with Crippen LogP contribution in [0, 0.1) is 11.3 Å². The Bertz CT molecular complexity index is 384. The molecule has 0 aliphatic rings. The van der Waals surface area contributed by atoms with Crippen LogP contribution < -0.4 is 4.74 Å². The predicted molar refractivity (Wildman–Crippen MR) is 48.7 cm³/mol. The predicted octanol–water partition coefficient (Wildman–Crippen LogP) is 2.47. The minimum Gasteiger partial charge on any atom is -0.466 e. The van der Waals surface area contributed by atoms with Crippen molar-refractivity contribution in [1.29, 1.82) is 5.26 Å². The summed E-state index contributed by atoms with van der Waals surface area (Å²) in [6.07, 6.45) is -4.38. The second kappa shape index (κ2) is 5.37. The molecule has 0 atom stereocenters. The summed E-state index contributed by atoms with van der Waals surface area (Å²) in [7, 11) is 0. The van der Waals surface area contributed by atoms with Gasteiger partial charge in [0.15, 0.2) is 6.79 Å². The number of nitrogens with zero attached hydrogens (tertiary/aromatic N) is 1. The highest BCUT2D eigenvalue weighted by atomic mass is 19.4. The fraction of sp³-hybridized carbons (Fsp3) is 0.300. The Hall–Kier alpha value is -1.74. The lowest BCUT2D eigenvalue weighted by atomic mass is 10.2. The van der Waals surface area contributed by atoms with E-state index in [2.05, 4.69) is 4.74 Å². The van der Waals surface area contributed by atoms with E-state index >= 15 is 0 Å². The van der Waals surface area contributed by atoms with Gasteiger partial charge in [0.25, 0.3) is 0 Å². The molecule has 0 fully saturated rings. The number of ether oxygens (including phenoxy) is 2. The molecule has 0 radical (unpaired) electrons. The molecule has 1 aromatic rings. The molecule has 0 unspecified atom stereocenters. The summed E-state index contributed by atoms with van der Waals surface area (Å²) in [5.74, 6) is 0.201. The van der Waals surface area contributed by atoms with Gasteiger partial charge < -0.3 is 9.47 Å². The highest BCUT2D eigenvalue weighted by Gasteiger charge is 2.27. The Morgan fingerprint density at radius 2 is 1.94 bits per heavy atom. The van der Waals surface area contributed by atoms with Crippen LogP contribution in [0.3, 0.4) is 0 Å².